The molecule has 0 spiro atoms. The van der Waals surface area contributed by atoms with E-state index in [-0.39, 0.29) is 20.7 Å². The Morgan fingerprint density at radius 2 is 1.96 bits per heavy atom. The Morgan fingerprint density at radius 1 is 1.29 bits per heavy atom. The van der Waals surface area contributed by atoms with Gasteiger partial charge in [0, 0.05) is 13.1 Å². The van der Waals surface area contributed by atoms with E-state index in [4.69, 9.17) is 10.00 Å². The molecule has 0 atom stereocenters. The second kappa shape index (κ2) is 6.69. The Bertz CT molecular complexity index is 1160. The average molecular weight is 395 g/mol. The number of aromatic hydroxyl groups is 1. The zero-order chi connectivity index (χ0) is 20.6. The van der Waals surface area contributed by atoms with E-state index in [1.165, 1.54) is 24.3 Å². The molecule has 0 unspecified atom stereocenters. The van der Waals surface area contributed by atoms with E-state index in [9.17, 15) is 27.5 Å². The SMILES string of the molecule is Cn1c(C(F)(F)F)nn(-c2nc(Oc3ccccc3O)c(C#N)cc2F)c1=O. The van der Waals surface area contributed by atoms with Crippen molar-refractivity contribution in [2.75, 3.05) is 0 Å². The summed E-state index contributed by atoms with van der Waals surface area (Å²) in [6, 6.07) is 7.80. The lowest BCUT2D eigenvalue weighted by molar-refractivity contribution is -0.147. The average Bonchev–Trinajstić information content (AvgIpc) is 2.93. The summed E-state index contributed by atoms with van der Waals surface area (Å²) in [7, 11) is 0.815. The zero-order valence-corrected chi connectivity index (χ0v) is 13.9. The summed E-state index contributed by atoms with van der Waals surface area (Å²) in [5.74, 6) is -4.74. The Hall–Kier alpha value is -3.88. The predicted octanol–water partition coefficient (Wildman–Crippen LogP) is 2.49. The largest absolute Gasteiger partial charge is 0.504 e. The molecular weight excluding hydrogens is 386 g/mol. The summed E-state index contributed by atoms with van der Waals surface area (Å²) >= 11 is 0. The topological polar surface area (TPSA) is 106 Å². The van der Waals surface area contributed by atoms with Crippen LogP contribution in [-0.2, 0) is 13.2 Å². The number of rotatable bonds is 3. The maximum atomic E-state index is 14.3. The highest BCUT2D eigenvalue weighted by molar-refractivity contribution is 5.47. The highest BCUT2D eigenvalue weighted by Gasteiger charge is 2.38. The van der Waals surface area contributed by atoms with Gasteiger partial charge in [0.05, 0.1) is 0 Å². The number of hydrogen-bond acceptors (Lipinski definition) is 6. The number of phenolic OH excluding ortho intramolecular Hbond substituents is 1. The fourth-order valence-corrected chi connectivity index (χ4v) is 2.24. The molecular formula is C16H9F4N5O3. The monoisotopic (exact) mass is 395 g/mol. The van der Waals surface area contributed by atoms with Crippen molar-refractivity contribution in [3.05, 3.63) is 58.0 Å². The van der Waals surface area contributed by atoms with Crippen molar-refractivity contribution in [3.63, 3.8) is 0 Å². The van der Waals surface area contributed by atoms with E-state index in [0.717, 1.165) is 7.05 Å². The highest BCUT2D eigenvalue weighted by atomic mass is 19.4. The van der Waals surface area contributed by atoms with Gasteiger partial charge < -0.3 is 9.84 Å². The summed E-state index contributed by atoms with van der Waals surface area (Å²) in [6.07, 6.45) is -4.96. The Balaban J connectivity index is 2.18. The van der Waals surface area contributed by atoms with Gasteiger partial charge >= 0.3 is 11.9 Å². The van der Waals surface area contributed by atoms with Gasteiger partial charge in [-0.2, -0.15) is 28.1 Å². The summed E-state index contributed by atoms with van der Waals surface area (Å²) < 4.78 is 58.7. The third-order valence-corrected chi connectivity index (χ3v) is 3.55. The van der Waals surface area contributed by atoms with Crippen molar-refractivity contribution in [2.24, 2.45) is 7.05 Å². The molecule has 8 nitrogen and oxygen atoms in total. The molecule has 144 valence electrons. The van der Waals surface area contributed by atoms with E-state index < -0.39 is 40.8 Å². The maximum Gasteiger partial charge on any atom is 0.451 e. The molecule has 0 fully saturated rings. The molecule has 1 N–H and O–H groups in total. The minimum Gasteiger partial charge on any atom is -0.504 e. The van der Waals surface area contributed by atoms with Gasteiger partial charge in [-0.05, 0) is 12.1 Å². The lowest BCUT2D eigenvalue weighted by Gasteiger charge is -2.10. The standard InChI is InChI=1S/C16H9F4N5O3/c1-24-14(16(18,19)20)23-25(15(24)27)12-9(17)6-8(7-21)13(22-12)28-11-5-3-2-4-10(11)26/h2-6,26H,1H3. The number of nitrogens with zero attached hydrogens (tertiary/aromatic N) is 5. The molecule has 0 saturated carbocycles. The van der Waals surface area contributed by atoms with Gasteiger partial charge in [0.25, 0.3) is 0 Å². The van der Waals surface area contributed by atoms with Gasteiger partial charge in [-0.25, -0.2) is 9.18 Å². The van der Waals surface area contributed by atoms with E-state index >= 15 is 0 Å². The van der Waals surface area contributed by atoms with Crippen molar-refractivity contribution in [2.45, 2.75) is 6.18 Å². The Morgan fingerprint density at radius 3 is 2.54 bits per heavy atom. The second-order valence-electron chi connectivity index (χ2n) is 5.40. The van der Waals surface area contributed by atoms with Crippen LogP contribution in [0.1, 0.15) is 11.4 Å². The van der Waals surface area contributed by atoms with Crippen LogP contribution < -0.4 is 10.4 Å². The molecule has 0 bridgehead atoms. The van der Waals surface area contributed by atoms with Crippen molar-refractivity contribution in [1.29, 1.82) is 5.26 Å². The smallest absolute Gasteiger partial charge is 0.451 e. The van der Waals surface area contributed by atoms with Gasteiger partial charge in [-0.1, -0.05) is 12.1 Å². The number of aromatic nitrogens is 4. The molecule has 0 radical (unpaired) electrons. The molecule has 0 aliphatic rings. The minimum absolute atomic E-state index is 0.108. The summed E-state index contributed by atoms with van der Waals surface area (Å²) in [5.41, 5.74) is -1.72. The van der Waals surface area contributed by atoms with Crippen LogP contribution in [0.4, 0.5) is 17.6 Å². The fourth-order valence-electron chi connectivity index (χ4n) is 2.24. The summed E-state index contributed by atoms with van der Waals surface area (Å²) in [6.45, 7) is 0. The van der Waals surface area contributed by atoms with E-state index in [1.807, 2.05) is 0 Å². The molecule has 2 aromatic heterocycles. The zero-order valence-electron chi connectivity index (χ0n) is 13.9. The molecule has 28 heavy (non-hydrogen) atoms. The van der Waals surface area contributed by atoms with E-state index in [0.29, 0.717) is 6.07 Å². The second-order valence-corrected chi connectivity index (χ2v) is 5.40. The number of halogens is 4. The Labute approximate surface area is 153 Å². The number of pyridine rings is 1. The first-order chi connectivity index (χ1) is 13.1. The molecule has 2 heterocycles. The van der Waals surface area contributed by atoms with Crippen molar-refractivity contribution in [1.82, 2.24) is 19.3 Å². The predicted molar refractivity (Wildman–Crippen MR) is 84.5 cm³/mol. The third-order valence-electron chi connectivity index (χ3n) is 3.55. The molecule has 0 amide bonds. The molecule has 3 rings (SSSR count). The van der Waals surface area contributed by atoms with Gasteiger partial charge in [0.15, 0.2) is 23.1 Å². The first kappa shape index (κ1) is 18.9. The fraction of sp³-hybridized carbons (Fsp3) is 0.125. The first-order valence-corrected chi connectivity index (χ1v) is 7.43. The maximum absolute atomic E-state index is 14.3. The third kappa shape index (κ3) is 3.25. The number of hydrogen-bond donors (Lipinski definition) is 1. The molecule has 0 saturated heterocycles. The normalized spacial score (nSPS) is 11.3. The van der Waals surface area contributed by atoms with Gasteiger partial charge in [-0.15, -0.1) is 5.10 Å². The van der Waals surface area contributed by atoms with Crippen molar-refractivity contribution < 1.29 is 27.4 Å². The first-order valence-electron chi connectivity index (χ1n) is 7.43. The number of para-hydroxylation sites is 2. The summed E-state index contributed by atoms with van der Waals surface area (Å²) in [5, 5.41) is 22.0. The van der Waals surface area contributed by atoms with Crippen molar-refractivity contribution >= 4 is 0 Å². The van der Waals surface area contributed by atoms with Gasteiger partial charge in [0.2, 0.25) is 11.7 Å². The quantitative estimate of drug-likeness (QED) is 0.683. The number of ether oxygens (including phenoxy) is 1. The lowest BCUT2D eigenvalue weighted by atomic mass is 10.2. The van der Waals surface area contributed by atoms with Crippen LogP contribution in [0.15, 0.2) is 35.1 Å². The van der Waals surface area contributed by atoms with Crippen LogP contribution >= 0.6 is 0 Å². The lowest BCUT2D eigenvalue weighted by Crippen LogP contribution is -2.24. The minimum atomic E-state index is -4.96. The Kier molecular flexibility index (Phi) is 4.52. The molecule has 1 aromatic carbocycles. The van der Waals surface area contributed by atoms with Crippen LogP contribution in [0.5, 0.6) is 17.4 Å². The molecule has 12 heteroatoms. The molecule has 0 aliphatic carbocycles. The summed E-state index contributed by atoms with van der Waals surface area (Å²) in [4.78, 5) is 15.7. The molecule has 3 aromatic rings. The highest BCUT2D eigenvalue weighted by Crippen LogP contribution is 2.32. The molecule has 0 aliphatic heterocycles. The van der Waals surface area contributed by atoms with Gasteiger partial charge in [-0.3, -0.25) is 4.57 Å². The van der Waals surface area contributed by atoms with Gasteiger partial charge in [0.1, 0.15) is 11.6 Å². The van der Waals surface area contributed by atoms with E-state index in [2.05, 4.69) is 10.1 Å². The number of nitriles is 1. The number of alkyl halides is 3. The van der Waals surface area contributed by atoms with Crippen LogP contribution in [0.3, 0.4) is 0 Å². The number of benzene rings is 1. The van der Waals surface area contributed by atoms with Crippen LogP contribution in [0, 0.1) is 17.1 Å². The van der Waals surface area contributed by atoms with E-state index in [1.54, 1.807) is 6.07 Å². The number of phenols is 1. The van der Waals surface area contributed by atoms with Crippen LogP contribution in [-0.4, -0.2) is 24.4 Å². The van der Waals surface area contributed by atoms with Crippen LogP contribution in [0.2, 0.25) is 0 Å². The van der Waals surface area contributed by atoms with Crippen molar-refractivity contribution in [3.8, 4) is 29.3 Å². The van der Waals surface area contributed by atoms with Crippen LogP contribution in [0.25, 0.3) is 5.82 Å².